The molecule has 4 heteroatoms. The van der Waals surface area contributed by atoms with Gasteiger partial charge in [0.15, 0.2) is 5.84 Å². The molecule has 0 amide bonds. The molecule has 1 aromatic rings. The zero-order valence-electron chi connectivity index (χ0n) is 15.6. The summed E-state index contributed by atoms with van der Waals surface area (Å²) in [5, 5.41) is 0. The predicted molar refractivity (Wildman–Crippen MR) is 107 cm³/mol. The Morgan fingerprint density at radius 2 is 2.00 bits per heavy atom. The Balaban J connectivity index is 2.03. The van der Waals surface area contributed by atoms with Gasteiger partial charge in [0.05, 0.1) is 11.4 Å². The Hall–Kier alpha value is -2.36. The van der Waals surface area contributed by atoms with Gasteiger partial charge in [-0.25, -0.2) is 4.99 Å². The van der Waals surface area contributed by atoms with Crippen LogP contribution in [0.5, 0.6) is 0 Å². The van der Waals surface area contributed by atoms with Crippen LogP contribution in [-0.2, 0) is 6.42 Å². The van der Waals surface area contributed by atoms with E-state index in [1.807, 2.05) is 14.0 Å². The molecule has 0 spiro atoms. The second kappa shape index (κ2) is 7.68. The van der Waals surface area contributed by atoms with E-state index in [-0.39, 0.29) is 0 Å². The van der Waals surface area contributed by atoms with Gasteiger partial charge in [-0.05, 0) is 44.2 Å². The molecule has 2 heterocycles. The normalized spacial score (nSPS) is 19.0. The van der Waals surface area contributed by atoms with Crippen LogP contribution >= 0.6 is 0 Å². The molecule has 0 N–H and O–H groups in total. The maximum atomic E-state index is 5.01. The topological polar surface area (TPSA) is 31.2 Å². The first-order chi connectivity index (χ1) is 12.1. The van der Waals surface area contributed by atoms with Crippen molar-refractivity contribution < 1.29 is 0 Å². The molecule has 0 saturated carbocycles. The summed E-state index contributed by atoms with van der Waals surface area (Å²) in [5.74, 6) is 1.92. The fraction of sp³-hybridized carbons (Fsp3) is 0.429. The first-order valence-corrected chi connectivity index (χ1v) is 9.20. The zero-order chi connectivity index (χ0) is 17.8. The summed E-state index contributed by atoms with van der Waals surface area (Å²) >= 11 is 0. The van der Waals surface area contributed by atoms with Crippen molar-refractivity contribution in [1.82, 2.24) is 9.80 Å². The number of rotatable bonds is 2. The van der Waals surface area contributed by atoms with E-state index in [2.05, 4.69) is 58.8 Å². The Morgan fingerprint density at radius 1 is 1.24 bits per heavy atom. The molecule has 0 unspecified atom stereocenters. The third kappa shape index (κ3) is 3.68. The van der Waals surface area contributed by atoms with Gasteiger partial charge in [0, 0.05) is 31.9 Å². The van der Waals surface area contributed by atoms with Crippen LogP contribution in [0, 0.1) is 0 Å². The summed E-state index contributed by atoms with van der Waals surface area (Å²) in [5.41, 5.74) is 4.37. The fourth-order valence-corrected chi connectivity index (χ4v) is 3.36. The van der Waals surface area contributed by atoms with Crippen molar-refractivity contribution in [3.8, 4) is 0 Å². The highest BCUT2D eigenvalue weighted by molar-refractivity contribution is 6.06. The van der Waals surface area contributed by atoms with Crippen molar-refractivity contribution >= 4 is 17.4 Å². The van der Waals surface area contributed by atoms with E-state index in [1.165, 1.54) is 24.8 Å². The second-order valence-electron chi connectivity index (χ2n) is 6.64. The molecule has 1 saturated heterocycles. The van der Waals surface area contributed by atoms with Crippen molar-refractivity contribution in [2.75, 3.05) is 20.1 Å². The highest BCUT2D eigenvalue weighted by Crippen LogP contribution is 2.28. The summed E-state index contributed by atoms with van der Waals surface area (Å²) in [6.07, 6.45) is 6.83. The Morgan fingerprint density at radius 3 is 2.68 bits per heavy atom. The number of nitrogens with zero attached hydrogens (tertiary/aromatic N) is 4. The van der Waals surface area contributed by atoms with Crippen LogP contribution in [0.3, 0.4) is 0 Å². The van der Waals surface area contributed by atoms with E-state index < -0.39 is 0 Å². The minimum Gasteiger partial charge on any atom is -0.355 e. The molecule has 25 heavy (non-hydrogen) atoms. The van der Waals surface area contributed by atoms with E-state index in [9.17, 15) is 0 Å². The molecule has 0 aliphatic carbocycles. The van der Waals surface area contributed by atoms with Crippen molar-refractivity contribution in [3.05, 3.63) is 53.9 Å². The number of aryl methyl sites for hydroxylation is 1. The van der Waals surface area contributed by atoms with Gasteiger partial charge in [-0.1, -0.05) is 31.7 Å². The van der Waals surface area contributed by atoms with Gasteiger partial charge < -0.3 is 9.80 Å². The van der Waals surface area contributed by atoms with Crippen LogP contribution in [0.1, 0.15) is 44.2 Å². The summed E-state index contributed by atoms with van der Waals surface area (Å²) in [7, 11) is 1.82. The molecule has 0 aromatic heterocycles. The third-order valence-corrected chi connectivity index (χ3v) is 4.99. The standard InChI is InChI=1S/C21H28N4/c1-5-18-10-9-11-19(14-18)20-15-25(17(3)22-4)16(2)21(23-20)24-12-7-6-8-13-24/h9-11,14-15H,2,5-8,12-13H2,1,3-4H3. The summed E-state index contributed by atoms with van der Waals surface area (Å²) in [4.78, 5) is 13.8. The summed E-state index contributed by atoms with van der Waals surface area (Å²) < 4.78 is 0. The van der Waals surface area contributed by atoms with Crippen LogP contribution in [-0.4, -0.2) is 41.6 Å². The molecule has 3 rings (SSSR count). The third-order valence-electron chi connectivity index (χ3n) is 4.99. The molecule has 1 aromatic carbocycles. The van der Waals surface area contributed by atoms with Gasteiger partial charge in [-0.3, -0.25) is 4.99 Å². The van der Waals surface area contributed by atoms with Crippen LogP contribution in [0.2, 0.25) is 0 Å². The van der Waals surface area contributed by atoms with Crippen molar-refractivity contribution in [2.24, 2.45) is 9.98 Å². The second-order valence-corrected chi connectivity index (χ2v) is 6.64. The Labute approximate surface area is 151 Å². The van der Waals surface area contributed by atoms with Crippen molar-refractivity contribution in [1.29, 1.82) is 0 Å². The van der Waals surface area contributed by atoms with Gasteiger partial charge in [0.25, 0.3) is 0 Å². The highest BCUT2D eigenvalue weighted by Gasteiger charge is 2.26. The summed E-state index contributed by atoms with van der Waals surface area (Å²) in [6.45, 7) is 10.6. The van der Waals surface area contributed by atoms with E-state index >= 15 is 0 Å². The van der Waals surface area contributed by atoms with E-state index in [0.717, 1.165) is 48.1 Å². The number of hydrogen-bond acceptors (Lipinski definition) is 3. The number of piperidine rings is 1. The van der Waals surface area contributed by atoms with E-state index in [4.69, 9.17) is 4.99 Å². The molecular weight excluding hydrogens is 308 g/mol. The lowest BCUT2D eigenvalue weighted by Gasteiger charge is -2.36. The van der Waals surface area contributed by atoms with Crippen LogP contribution in [0.25, 0.3) is 5.70 Å². The van der Waals surface area contributed by atoms with Gasteiger partial charge in [0.1, 0.15) is 5.84 Å². The minimum absolute atomic E-state index is 0.917. The zero-order valence-corrected chi connectivity index (χ0v) is 15.6. The van der Waals surface area contributed by atoms with Crippen LogP contribution in [0.15, 0.2) is 52.7 Å². The summed E-state index contributed by atoms with van der Waals surface area (Å²) in [6, 6.07) is 8.64. The lowest BCUT2D eigenvalue weighted by molar-refractivity contribution is 0.338. The average Bonchev–Trinajstić information content (AvgIpc) is 2.68. The predicted octanol–water partition coefficient (Wildman–Crippen LogP) is 4.31. The molecule has 1 fully saturated rings. The largest absolute Gasteiger partial charge is 0.355 e. The maximum absolute atomic E-state index is 5.01. The Bertz CT molecular complexity index is 736. The lowest BCUT2D eigenvalue weighted by Crippen LogP contribution is -2.42. The monoisotopic (exact) mass is 336 g/mol. The average molecular weight is 336 g/mol. The first-order valence-electron chi connectivity index (χ1n) is 9.20. The van der Waals surface area contributed by atoms with Gasteiger partial charge in [-0.15, -0.1) is 0 Å². The van der Waals surface area contributed by atoms with Crippen LogP contribution < -0.4 is 0 Å². The van der Waals surface area contributed by atoms with Gasteiger partial charge in [-0.2, -0.15) is 0 Å². The molecular formula is C21H28N4. The number of benzene rings is 1. The Kier molecular flexibility index (Phi) is 5.37. The number of amidine groups is 2. The lowest BCUT2D eigenvalue weighted by atomic mass is 10.1. The molecule has 2 aliphatic heterocycles. The van der Waals surface area contributed by atoms with Crippen molar-refractivity contribution in [3.63, 3.8) is 0 Å². The quantitative estimate of drug-likeness (QED) is 0.595. The SMILES string of the molecule is C=C1C(N2CCCCC2)=NC(c2cccc(CC)c2)=CN1C(C)=NC. The number of hydrogen-bond donors (Lipinski definition) is 0. The van der Waals surface area contributed by atoms with Crippen molar-refractivity contribution in [2.45, 2.75) is 39.5 Å². The number of aliphatic imine (C=N–C) groups is 2. The van der Waals surface area contributed by atoms with Crippen LogP contribution in [0.4, 0.5) is 0 Å². The van der Waals surface area contributed by atoms with E-state index in [1.54, 1.807) is 0 Å². The van der Waals surface area contributed by atoms with Gasteiger partial charge >= 0.3 is 0 Å². The molecule has 132 valence electrons. The smallest absolute Gasteiger partial charge is 0.153 e. The molecule has 0 atom stereocenters. The molecule has 4 nitrogen and oxygen atoms in total. The minimum atomic E-state index is 0.917. The molecule has 0 bridgehead atoms. The highest BCUT2D eigenvalue weighted by atomic mass is 15.3. The first kappa shape index (κ1) is 17.5. The fourth-order valence-electron chi connectivity index (χ4n) is 3.36. The maximum Gasteiger partial charge on any atom is 0.153 e. The van der Waals surface area contributed by atoms with Gasteiger partial charge in [0.2, 0.25) is 0 Å². The van der Waals surface area contributed by atoms with E-state index in [0.29, 0.717) is 0 Å². The molecule has 0 radical (unpaired) electrons. The number of likely N-dealkylation sites (tertiary alicyclic amines) is 1. The molecule has 2 aliphatic rings.